The van der Waals surface area contributed by atoms with E-state index in [1.165, 1.54) is 24.3 Å². The molecule has 21 heavy (non-hydrogen) atoms. The lowest BCUT2D eigenvalue weighted by Crippen LogP contribution is -2.22. The van der Waals surface area contributed by atoms with Crippen LogP contribution in [0.3, 0.4) is 0 Å². The summed E-state index contributed by atoms with van der Waals surface area (Å²) in [7, 11) is 1.61. The van der Waals surface area contributed by atoms with E-state index in [4.69, 9.17) is 11.6 Å². The quantitative estimate of drug-likeness (QED) is 0.872. The fraction of sp³-hybridized carbons (Fsp3) is 0.250. The average molecular weight is 314 g/mol. The Morgan fingerprint density at radius 3 is 2.43 bits per heavy atom. The largest absolute Gasteiger partial charge is 0.313 e. The van der Waals surface area contributed by atoms with E-state index in [2.05, 4.69) is 5.32 Å². The highest BCUT2D eigenvalue weighted by Crippen LogP contribution is 2.27. The molecule has 0 spiro atoms. The Bertz CT molecular complexity index is 658. The molecule has 1 atom stereocenters. The summed E-state index contributed by atoms with van der Waals surface area (Å²) in [4.78, 5) is 0. The summed E-state index contributed by atoms with van der Waals surface area (Å²) in [5.41, 5.74) is 0.943. The van der Waals surface area contributed by atoms with Gasteiger partial charge in [-0.25, -0.2) is 13.2 Å². The standard InChI is InChI=1S/C16H15ClF3N/c1-9-3-6-12(18)15(16(9)20)14(21-2)8-10-4-5-11(17)13(19)7-10/h3-7,14,21H,8H2,1-2H3. The van der Waals surface area contributed by atoms with Crippen molar-refractivity contribution in [1.29, 1.82) is 0 Å². The average Bonchev–Trinajstić information content (AvgIpc) is 2.46. The van der Waals surface area contributed by atoms with Crippen LogP contribution in [0, 0.1) is 24.4 Å². The van der Waals surface area contributed by atoms with E-state index in [-0.39, 0.29) is 17.0 Å². The van der Waals surface area contributed by atoms with Gasteiger partial charge < -0.3 is 5.32 Å². The fourth-order valence-corrected chi connectivity index (χ4v) is 2.37. The lowest BCUT2D eigenvalue weighted by Gasteiger charge is -2.19. The van der Waals surface area contributed by atoms with Crippen molar-refractivity contribution in [3.05, 3.63) is 69.5 Å². The second kappa shape index (κ2) is 6.50. The summed E-state index contributed by atoms with van der Waals surface area (Å²) in [5.74, 6) is -1.75. The van der Waals surface area contributed by atoms with Crippen LogP contribution in [0.25, 0.3) is 0 Å². The van der Waals surface area contributed by atoms with Crippen LogP contribution in [0.15, 0.2) is 30.3 Å². The molecule has 2 aromatic rings. The van der Waals surface area contributed by atoms with Gasteiger partial charge in [-0.1, -0.05) is 23.7 Å². The Morgan fingerprint density at radius 1 is 1.10 bits per heavy atom. The molecule has 0 aromatic heterocycles. The maximum Gasteiger partial charge on any atom is 0.142 e. The number of benzene rings is 2. The number of halogens is 4. The second-order valence-corrected chi connectivity index (χ2v) is 5.29. The highest BCUT2D eigenvalue weighted by Gasteiger charge is 2.21. The van der Waals surface area contributed by atoms with Crippen LogP contribution in [0.2, 0.25) is 5.02 Å². The second-order valence-electron chi connectivity index (χ2n) is 4.89. The van der Waals surface area contributed by atoms with Gasteiger partial charge in [0.15, 0.2) is 0 Å². The number of likely N-dealkylation sites (N-methyl/N-ethyl adjacent to an activating group) is 1. The minimum Gasteiger partial charge on any atom is -0.313 e. The van der Waals surface area contributed by atoms with Crippen molar-refractivity contribution in [2.24, 2.45) is 0 Å². The Balaban J connectivity index is 2.36. The van der Waals surface area contributed by atoms with Crippen LogP contribution in [0.1, 0.15) is 22.7 Å². The van der Waals surface area contributed by atoms with Crippen LogP contribution in [0.5, 0.6) is 0 Å². The van der Waals surface area contributed by atoms with Crippen molar-refractivity contribution in [1.82, 2.24) is 5.32 Å². The predicted octanol–water partition coefficient (Wildman–Crippen LogP) is 4.57. The van der Waals surface area contributed by atoms with E-state index >= 15 is 0 Å². The van der Waals surface area contributed by atoms with Crippen molar-refractivity contribution in [3.8, 4) is 0 Å². The molecule has 2 aromatic carbocycles. The van der Waals surface area contributed by atoms with Crippen molar-refractivity contribution in [2.75, 3.05) is 7.05 Å². The zero-order valence-electron chi connectivity index (χ0n) is 11.7. The number of nitrogens with one attached hydrogen (secondary N) is 1. The van der Waals surface area contributed by atoms with Crippen LogP contribution >= 0.6 is 11.6 Å². The summed E-state index contributed by atoms with van der Waals surface area (Å²) < 4.78 is 41.6. The third-order valence-electron chi connectivity index (χ3n) is 3.44. The van der Waals surface area contributed by atoms with E-state index < -0.39 is 23.5 Å². The summed E-state index contributed by atoms with van der Waals surface area (Å²) in [6, 6.07) is 6.38. The van der Waals surface area contributed by atoms with E-state index in [9.17, 15) is 13.2 Å². The van der Waals surface area contributed by atoms with Crippen LogP contribution < -0.4 is 5.32 Å². The SMILES string of the molecule is CNC(Cc1ccc(Cl)c(F)c1)c1c(F)ccc(C)c1F. The van der Waals surface area contributed by atoms with E-state index in [0.29, 0.717) is 11.1 Å². The summed E-state index contributed by atoms with van der Waals surface area (Å²) in [6.07, 6.45) is 0.252. The molecular formula is C16H15ClF3N. The first kappa shape index (κ1) is 15.9. The van der Waals surface area contributed by atoms with Crippen molar-refractivity contribution < 1.29 is 13.2 Å². The monoisotopic (exact) mass is 313 g/mol. The maximum atomic E-state index is 14.2. The first-order valence-corrected chi connectivity index (χ1v) is 6.87. The molecule has 2 rings (SSSR count). The molecule has 0 fully saturated rings. The first-order chi connectivity index (χ1) is 9.93. The summed E-state index contributed by atoms with van der Waals surface area (Å²) in [5, 5.41) is 2.90. The molecule has 0 aliphatic carbocycles. The smallest absolute Gasteiger partial charge is 0.142 e. The zero-order valence-corrected chi connectivity index (χ0v) is 12.4. The third-order valence-corrected chi connectivity index (χ3v) is 3.75. The van der Waals surface area contributed by atoms with Gasteiger partial charge in [0.05, 0.1) is 5.02 Å². The first-order valence-electron chi connectivity index (χ1n) is 6.49. The van der Waals surface area contributed by atoms with Gasteiger partial charge in [0.2, 0.25) is 0 Å². The number of hydrogen-bond donors (Lipinski definition) is 1. The molecule has 112 valence electrons. The Kier molecular flexibility index (Phi) is 4.91. The number of aryl methyl sites for hydroxylation is 1. The van der Waals surface area contributed by atoms with Gasteiger partial charge >= 0.3 is 0 Å². The molecule has 0 amide bonds. The molecule has 0 aliphatic rings. The maximum absolute atomic E-state index is 14.2. The molecule has 5 heteroatoms. The Morgan fingerprint density at radius 2 is 1.81 bits per heavy atom. The Hall–Kier alpha value is -1.52. The highest BCUT2D eigenvalue weighted by atomic mass is 35.5. The van der Waals surface area contributed by atoms with E-state index in [1.54, 1.807) is 20.0 Å². The number of rotatable bonds is 4. The lowest BCUT2D eigenvalue weighted by atomic mass is 9.96. The van der Waals surface area contributed by atoms with Gasteiger partial charge in [-0.15, -0.1) is 0 Å². The topological polar surface area (TPSA) is 12.0 Å². The minimum atomic E-state index is -0.619. The molecule has 0 radical (unpaired) electrons. The van der Waals surface area contributed by atoms with Crippen molar-refractivity contribution in [2.45, 2.75) is 19.4 Å². The number of hydrogen-bond acceptors (Lipinski definition) is 1. The van der Waals surface area contributed by atoms with Gasteiger partial charge in [-0.2, -0.15) is 0 Å². The predicted molar refractivity (Wildman–Crippen MR) is 78.0 cm³/mol. The zero-order chi connectivity index (χ0) is 15.6. The third kappa shape index (κ3) is 3.39. The summed E-state index contributed by atoms with van der Waals surface area (Å²) in [6.45, 7) is 1.58. The fourth-order valence-electron chi connectivity index (χ4n) is 2.25. The molecule has 1 nitrogen and oxygen atoms in total. The molecule has 1 N–H and O–H groups in total. The van der Waals surface area contributed by atoms with E-state index in [1.807, 2.05) is 0 Å². The molecule has 0 bridgehead atoms. The highest BCUT2D eigenvalue weighted by molar-refractivity contribution is 6.30. The molecule has 0 aliphatic heterocycles. The molecule has 0 heterocycles. The van der Waals surface area contributed by atoms with Crippen LogP contribution in [-0.4, -0.2) is 7.05 Å². The molecular weight excluding hydrogens is 299 g/mol. The van der Waals surface area contributed by atoms with E-state index in [0.717, 1.165) is 0 Å². The van der Waals surface area contributed by atoms with Crippen LogP contribution in [-0.2, 0) is 6.42 Å². The van der Waals surface area contributed by atoms with Gasteiger partial charge in [-0.05, 0) is 49.7 Å². The lowest BCUT2D eigenvalue weighted by molar-refractivity contribution is 0.485. The van der Waals surface area contributed by atoms with Gasteiger partial charge in [-0.3, -0.25) is 0 Å². The minimum absolute atomic E-state index is 0.0210. The van der Waals surface area contributed by atoms with Gasteiger partial charge in [0, 0.05) is 11.6 Å². The van der Waals surface area contributed by atoms with Gasteiger partial charge in [0.1, 0.15) is 17.5 Å². The van der Waals surface area contributed by atoms with Crippen molar-refractivity contribution >= 4 is 11.6 Å². The van der Waals surface area contributed by atoms with Gasteiger partial charge in [0.25, 0.3) is 0 Å². The summed E-state index contributed by atoms with van der Waals surface area (Å²) >= 11 is 5.63. The van der Waals surface area contributed by atoms with Crippen LogP contribution in [0.4, 0.5) is 13.2 Å². The molecule has 0 saturated heterocycles. The molecule has 1 unspecified atom stereocenters. The van der Waals surface area contributed by atoms with Crippen molar-refractivity contribution in [3.63, 3.8) is 0 Å². The molecule has 0 saturated carbocycles. The Labute approximate surface area is 126 Å². The normalized spacial score (nSPS) is 12.5.